The monoisotopic (exact) mass is 436 g/mol. The summed E-state index contributed by atoms with van der Waals surface area (Å²) in [7, 11) is 0. The maximum absolute atomic E-state index is 12.5. The summed E-state index contributed by atoms with van der Waals surface area (Å²) in [5.41, 5.74) is 3.17. The van der Waals surface area contributed by atoms with E-state index in [9.17, 15) is 9.59 Å². The smallest absolute Gasteiger partial charge is 0.229 e. The summed E-state index contributed by atoms with van der Waals surface area (Å²) in [6.45, 7) is 7.55. The van der Waals surface area contributed by atoms with Gasteiger partial charge >= 0.3 is 0 Å². The molecule has 0 aliphatic carbocycles. The Balaban J connectivity index is 1.55. The van der Waals surface area contributed by atoms with Crippen molar-refractivity contribution < 1.29 is 14.3 Å². The van der Waals surface area contributed by atoms with Crippen molar-refractivity contribution in [1.82, 2.24) is 14.8 Å². The van der Waals surface area contributed by atoms with Crippen LogP contribution in [0.3, 0.4) is 0 Å². The molecule has 1 aromatic heterocycles. The average Bonchev–Trinajstić information content (AvgIpc) is 2.82. The first kappa shape index (κ1) is 23.6. The minimum absolute atomic E-state index is 0.0882. The van der Waals surface area contributed by atoms with Gasteiger partial charge in [0.1, 0.15) is 5.82 Å². The molecule has 2 heterocycles. The number of hydrogen-bond acceptors (Lipinski definition) is 5. The standard InChI is InChI=1S/C25H32N4O3/c1-2-22-9-8-21(18-23(22)19-25(31)27-24-7-3-4-10-26-24)6-5-11-29(20-30)13-12-28-14-16-32-17-15-28/h3-10,18,20H,2,11-17,19H2,1H3,(H,26,27,31)/b6-5+. The summed E-state index contributed by atoms with van der Waals surface area (Å²) in [4.78, 5) is 32.1. The van der Waals surface area contributed by atoms with Crippen molar-refractivity contribution in [3.8, 4) is 0 Å². The molecule has 1 N–H and O–H groups in total. The van der Waals surface area contributed by atoms with E-state index in [0.717, 1.165) is 62.4 Å². The number of carbonyl (C=O) groups is 2. The average molecular weight is 437 g/mol. The first-order valence-corrected chi connectivity index (χ1v) is 11.2. The summed E-state index contributed by atoms with van der Waals surface area (Å²) in [5.74, 6) is 0.465. The number of aromatic nitrogens is 1. The highest BCUT2D eigenvalue weighted by atomic mass is 16.5. The van der Waals surface area contributed by atoms with Crippen molar-refractivity contribution in [3.63, 3.8) is 0 Å². The zero-order valence-corrected chi connectivity index (χ0v) is 18.7. The van der Waals surface area contributed by atoms with Crippen LogP contribution in [0.2, 0.25) is 0 Å². The fourth-order valence-corrected chi connectivity index (χ4v) is 3.66. The van der Waals surface area contributed by atoms with Crippen LogP contribution >= 0.6 is 0 Å². The highest BCUT2D eigenvalue weighted by Crippen LogP contribution is 2.16. The van der Waals surface area contributed by atoms with Crippen LogP contribution in [0.1, 0.15) is 23.6 Å². The zero-order valence-electron chi connectivity index (χ0n) is 18.7. The SMILES string of the molecule is CCc1ccc(/C=C/CN(C=O)CCN2CCOCC2)cc1CC(=O)Nc1ccccn1. The fraction of sp³-hybridized carbons (Fsp3) is 0.400. The van der Waals surface area contributed by atoms with E-state index in [-0.39, 0.29) is 5.91 Å². The van der Waals surface area contributed by atoms with Crippen LogP contribution in [-0.4, -0.2) is 73.0 Å². The second-order valence-electron chi connectivity index (χ2n) is 7.78. The maximum Gasteiger partial charge on any atom is 0.229 e. The number of rotatable bonds is 11. The second kappa shape index (κ2) is 12.7. The van der Waals surface area contributed by atoms with E-state index >= 15 is 0 Å². The number of morpholine rings is 1. The van der Waals surface area contributed by atoms with Crippen molar-refractivity contribution in [2.24, 2.45) is 0 Å². The van der Waals surface area contributed by atoms with Gasteiger partial charge in [-0.05, 0) is 35.2 Å². The number of benzene rings is 1. The Morgan fingerprint density at radius 3 is 2.78 bits per heavy atom. The lowest BCUT2D eigenvalue weighted by atomic mass is 9.99. The minimum atomic E-state index is -0.0882. The van der Waals surface area contributed by atoms with Crippen molar-refractivity contribution in [1.29, 1.82) is 0 Å². The van der Waals surface area contributed by atoms with Crippen LogP contribution in [-0.2, 0) is 27.2 Å². The topological polar surface area (TPSA) is 74.8 Å². The molecule has 3 rings (SSSR count). The van der Waals surface area contributed by atoms with Crippen LogP contribution in [0.15, 0.2) is 48.7 Å². The molecule has 170 valence electrons. The van der Waals surface area contributed by atoms with Gasteiger partial charge < -0.3 is 15.0 Å². The van der Waals surface area contributed by atoms with Crippen LogP contribution in [0, 0.1) is 0 Å². The Bertz CT molecular complexity index is 895. The molecule has 1 aliphatic heterocycles. The first-order valence-electron chi connectivity index (χ1n) is 11.2. The molecule has 0 spiro atoms. The minimum Gasteiger partial charge on any atom is -0.379 e. The van der Waals surface area contributed by atoms with Crippen LogP contribution in [0.4, 0.5) is 5.82 Å². The van der Waals surface area contributed by atoms with Crippen molar-refractivity contribution in [2.45, 2.75) is 19.8 Å². The van der Waals surface area contributed by atoms with E-state index in [2.05, 4.69) is 34.3 Å². The van der Waals surface area contributed by atoms with Crippen molar-refractivity contribution in [3.05, 3.63) is 65.4 Å². The van der Waals surface area contributed by atoms with E-state index in [1.165, 1.54) is 0 Å². The number of nitrogens with one attached hydrogen (secondary N) is 1. The molecule has 2 amide bonds. The van der Waals surface area contributed by atoms with Gasteiger partial charge in [-0.25, -0.2) is 4.98 Å². The first-order chi connectivity index (χ1) is 15.7. The normalized spacial score (nSPS) is 14.4. The Morgan fingerprint density at radius 2 is 2.06 bits per heavy atom. The van der Waals surface area contributed by atoms with Crippen molar-refractivity contribution in [2.75, 3.05) is 51.3 Å². The van der Waals surface area contributed by atoms with Gasteiger partial charge in [-0.1, -0.05) is 43.3 Å². The van der Waals surface area contributed by atoms with Gasteiger partial charge in [0.15, 0.2) is 0 Å². The van der Waals surface area contributed by atoms with Gasteiger partial charge in [0.05, 0.1) is 19.6 Å². The molecule has 32 heavy (non-hydrogen) atoms. The van der Waals surface area contributed by atoms with E-state index in [0.29, 0.717) is 25.3 Å². The quantitative estimate of drug-likeness (QED) is 0.548. The van der Waals surface area contributed by atoms with Crippen LogP contribution < -0.4 is 5.32 Å². The molecule has 0 saturated carbocycles. The third-order valence-corrected chi connectivity index (χ3v) is 5.50. The molecule has 7 nitrogen and oxygen atoms in total. The van der Waals surface area contributed by atoms with Gasteiger partial charge in [0, 0.05) is 38.9 Å². The third kappa shape index (κ3) is 7.59. The highest BCUT2D eigenvalue weighted by molar-refractivity contribution is 5.91. The molecule has 0 atom stereocenters. The molecule has 0 bridgehead atoms. The van der Waals surface area contributed by atoms with Gasteiger partial charge in [-0.3, -0.25) is 14.5 Å². The molecule has 1 aliphatic rings. The molecule has 1 fully saturated rings. The lowest BCUT2D eigenvalue weighted by molar-refractivity contribution is -0.118. The fourth-order valence-electron chi connectivity index (χ4n) is 3.66. The summed E-state index contributed by atoms with van der Waals surface area (Å²) >= 11 is 0. The number of ether oxygens (including phenoxy) is 1. The Labute approximate surface area is 190 Å². The van der Waals surface area contributed by atoms with Gasteiger partial charge in [-0.15, -0.1) is 0 Å². The number of carbonyl (C=O) groups excluding carboxylic acids is 2. The lowest BCUT2D eigenvalue weighted by Gasteiger charge is -2.28. The summed E-state index contributed by atoms with van der Waals surface area (Å²) in [5, 5.41) is 2.84. The zero-order chi connectivity index (χ0) is 22.6. The number of anilines is 1. The Hall–Kier alpha value is -3.03. The van der Waals surface area contributed by atoms with Gasteiger partial charge in [0.25, 0.3) is 0 Å². The number of nitrogens with zero attached hydrogens (tertiary/aromatic N) is 3. The van der Waals surface area contributed by atoms with E-state index in [4.69, 9.17) is 4.74 Å². The van der Waals surface area contributed by atoms with Gasteiger partial charge in [-0.2, -0.15) is 0 Å². The van der Waals surface area contributed by atoms with Gasteiger partial charge in [0.2, 0.25) is 12.3 Å². The third-order valence-electron chi connectivity index (χ3n) is 5.50. The highest BCUT2D eigenvalue weighted by Gasteiger charge is 2.11. The van der Waals surface area contributed by atoms with E-state index in [1.54, 1.807) is 17.2 Å². The van der Waals surface area contributed by atoms with Crippen LogP contribution in [0.25, 0.3) is 6.08 Å². The lowest BCUT2D eigenvalue weighted by Crippen LogP contribution is -2.41. The van der Waals surface area contributed by atoms with E-state index < -0.39 is 0 Å². The Morgan fingerprint density at radius 1 is 1.22 bits per heavy atom. The maximum atomic E-state index is 12.5. The molecule has 1 saturated heterocycles. The summed E-state index contributed by atoms with van der Waals surface area (Å²) in [6, 6.07) is 11.6. The molecule has 1 aromatic carbocycles. The predicted octanol–water partition coefficient (Wildman–Crippen LogP) is 2.63. The molecular weight excluding hydrogens is 404 g/mol. The molecule has 0 unspecified atom stereocenters. The molecule has 0 radical (unpaired) electrons. The van der Waals surface area contributed by atoms with E-state index in [1.807, 2.05) is 30.4 Å². The summed E-state index contributed by atoms with van der Waals surface area (Å²) < 4.78 is 5.36. The predicted molar refractivity (Wildman–Crippen MR) is 126 cm³/mol. The van der Waals surface area contributed by atoms with Crippen molar-refractivity contribution >= 4 is 24.2 Å². The molecule has 2 aromatic rings. The number of hydrogen-bond donors (Lipinski definition) is 1. The largest absolute Gasteiger partial charge is 0.379 e. The molecular formula is C25H32N4O3. The molecule has 7 heteroatoms. The number of pyridine rings is 1. The number of aryl methyl sites for hydroxylation is 1. The van der Waals surface area contributed by atoms with Crippen LogP contribution in [0.5, 0.6) is 0 Å². The Kier molecular flexibility index (Phi) is 9.40. The second-order valence-corrected chi connectivity index (χ2v) is 7.78. The summed E-state index contributed by atoms with van der Waals surface area (Å²) in [6.07, 6.45) is 7.70. The number of amides is 2.